The van der Waals surface area contributed by atoms with Crippen LogP contribution in [0.25, 0.3) is 0 Å². The molecule has 2 unspecified atom stereocenters. The van der Waals surface area contributed by atoms with Crippen molar-refractivity contribution >= 4 is 5.91 Å². The van der Waals surface area contributed by atoms with E-state index in [-0.39, 0.29) is 11.9 Å². The number of pyridine rings is 1. The van der Waals surface area contributed by atoms with E-state index in [1.54, 1.807) is 12.4 Å². The van der Waals surface area contributed by atoms with Gasteiger partial charge in [-0.2, -0.15) is 0 Å². The molecule has 0 bridgehead atoms. The minimum atomic E-state index is -0.00816. The highest BCUT2D eigenvalue weighted by Gasteiger charge is 2.23. The molecule has 1 aliphatic heterocycles. The van der Waals surface area contributed by atoms with Crippen LogP contribution in [-0.4, -0.2) is 30.0 Å². The van der Waals surface area contributed by atoms with E-state index in [9.17, 15) is 4.79 Å². The Kier molecular flexibility index (Phi) is 4.70. The van der Waals surface area contributed by atoms with Crippen LogP contribution in [0.2, 0.25) is 0 Å². The highest BCUT2D eigenvalue weighted by Crippen LogP contribution is 2.14. The second kappa shape index (κ2) is 6.50. The van der Waals surface area contributed by atoms with Gasteiger partial charge < -0.3 is 10.6 Å². The Hall–Kier alpha value is -1.42. The van der Waals surface area contributed by atoms with Gasteiger partial charge in [0.2, 0.25) is 5.91 Å². The molecule has 98 valence electrons. The van der Waals surface area contributed by atoms with Gasteiger partial charge in [0.1, 0.15) is 0 Å². The maximum Gasteiger partial charge on any atom is 0.237 e. The lowest BCUT2D eigenvalue weighted by molar-refractivity contribution is -0.123. The number of nitrogens with one attached hydrogen (secondary N) is 2. The second-order valence-corrected chi connectivity index (χ2v) is 5.03. The van der Waals surface area contributed by atoms with Gasteiger partial charge in [0, 0.05) is 18.9 Å². The summed E-state index contributed by atoms with van der Waals surface area (Å²) in [5.41, 5.74) is 1.20. The third kappa shape index (κ3) is 3.81. The number of aromatic nitrogens is 1. The predicted molar refractivity (Wildman–Crippen MR) is 71.1 cm³/mol. The van der Waals surface area contributed by atoms with Gasteiger partial charge in [0.05, 0.1) is 6.04 Å². The number of carbonyl (C=O) groups excluding carboxylic acids is 1. The van der Waals surface area contributed by atoms with Gasteiger partial charge in [0.25, 0.3) is 0 Å². The van der Waals surface area contributed by atoms with E-state index in [0.29, 0.717) is 12.5 Å². The Labute approximate surface area is 108 Å². The first-order valence-electron chi connectivity index (χ1n) is 6.65. The molecule has 18 heavy (non-hydrogen) atoms. The maximum atomic E-state index is 11.9. The summed E-state index contributed by atoms with van der Waals surface area (Å²) in [6, 6.07) is 3.95. The van der Waals surface area contributed by atoms with Gasteiger partial charge in [-0.1, -0.05) is 6.92 Å². The van der Waals surface area contributed by atoms with E-state index in [2.05, 4.69) is 22.5 Å². The number of carbonyl (C=O) groups is 1. The number of hydrogen-bond acceptors (Lipinski definition) is 3. The smallest absolute Gasteiger partial charge is 0.237 e. The van der Waals surface area contributed by atoms with Crippen molar-refractivity contribution < 1.29 is 4.79 Å². The Morgan fingerprint density at radius 3 is 3.00 bits per heavy atom. The highest BCUT2D eigenvalue weighted by atomic mass is 16.2. The van der Waals surface area contributed by atoms with Crippen molar-refractivity contribution in [3.63, 3.8) is 0 Å². The molecule has 2 heterocycles. The number of amides is 1. The fourth-order valence-electron chi connectivity index (χ4n) is 2.31. The van der Waals surface area contributed by atoms with Gasteiger partial charge >= 0.3 is 0 Å². The molecule has 1 saturated heterocycles. The van der Waals surface area contributed by atoms with Gasteiger partial charge in [-0.15, -0.1) is 0 Å². The molecule has 4 heteroatoms. The van der Waals surface area contributed by atoms with Crippen LogP contribution in [0.4, 0.5) is 0 Å². The van der Waals surface area contributed by atoms with Crippen molar-refractivity contribution in [2.24, 2.45) is 5.92 Å². The molecule has 1 aromatic rings. The summed E-state index contributed by atoms with van der Waals surface area (Å²) in [6.07, 6.45) is 6.53. The molecule has 1 fully saturated rings. The molecule has 4 nitrogen and oxygen atoms in total. The zero-order valence-corrected chi connectivity index (χ0v) is 10.9. The van der Waals surface area contributed by atoms with E-state index < -0.39 is 0 Å². The summed E-state index contributed by atoms with van der Waals surface area (Å²) in [7, 11) is 0. The van der Waals surface area contributed by atoms with Crippen molar-refractivity contribution in [2.75, 3.05) is 13.1 Å². The van der Waals surface area contributed by atoms with Gasteiger partial charge in [0.15, 0.2) is 0 Å². The lowest BCUT2D eigenvalue weighted by Gasteiger charge is -2.27. The van der Waals surface area contributed by atoms with Gasteiger partial charge in [-0.05, 0) is 49.4 Å². The van der Waals surface area contributed by atoms with Crippen LogP contribution in [0.3, 0.4) is 0 Å². The highest BCUT2D eigenvalue weighted by molar-refractivity contribution is 5.81. The number of piperidine rings is 1. The monoisotopic (exact) mass is 247 g/mol. The quantitative estimate of drug-likeness (QED) is 0.838. The Morgan fingerprint density at radius 1 is 1.50 bits per heavy atom. The third-order valence-electron chi connectivity index (χ3n) is 3.44. The molecule has 2 N–H and O–H groups in total. The van der Waals surface area contributed by atoms with Crippen LogP contribution in [0, 0.1) is 5.92 Å². The number of rotatable bonds is 4. The lowest BCUT2D eigenvalue weighted by Crippen LogP contribution is -2.48. The van der Waals surface area contributed by atoms with E-state index in [4.69, 9.17) is 0 Å². The summed E-state index contributed by atoms with van der Waals surface area (Å²) in [5, 5.41) is 6.28. The summed E-state index contributed by atoms with van der Waals surface area (Å²) >= 11 is 0. The van der Waals surface area contributed by atoms with Crippen LogP contribution in [-0.2, 0) is 11.2 Å². The topological polar surface area (TPSA) is 54.0 Å². The summed E-state index contributed by atoms with van der Waals surface area (Å²) in [6.45, 7) is 3.84. The van der Waals surface area contributed by atoms with E-state index in [1.165, 1.54) is 12.0 Å². The summed E-state index contributed by atoms with van der Waals surface area (Å²) in [5.74, 6) is 0.776. The number of hydrogen-bond donors (Lipinski definition) is 2. The molecule has 0 aliphatic carbocycles. The Balaban J connectivity index is 1.71. The van der Waals surface area contributed by atoms with Crippen molar-refractivity contribution in [2.45, 2.75) is 32.2 Å². The SMILES string of the molecule is CC1CCNC(C(=O)NCCc2ccncc2)C1. The molecule has 1 aromatic heterocycles. The third-order valence-corrected chi connectivity index (χ3v) is 3.44. The second-order valence-electron chi connectivity index (χ2n) is 5.03. The molecular weight excluding hydrogens is 226 g/mol. The van der Waals surface area contributed by atoms with Crippen LogP contribution in [0.1, 0.15) is 25.3 Å². The normalized spacial score (nSPS) is 23.6. The zero-order valence-electron chi connectivity index (χ0n) is 10.9. The molecule has 2 atom stereocenters. The first kappa shape index (κ1) is 13.0. The van der Waals surface area contributed by atoms with Crippen LogP contribution in [0.5, 0.6) is 0 Å². The summed E-state index contributed by atoms with van der Waals surface area (Å²) < 4.78 is 0. The van der Waals surface area contributed by atoms with Crippen molar-refractivity contribution in [1.29, 1.82) is 0 Å². The Bertz CT molecular complexity index is 380. The Morgan fingerprint density at radius 2 is 2.28 bits per heavy atom. The van der Waals surface area contributed by atoms with Gasteiger partial charge in [-0.3, -0.25) is 9.78 Å². The lowest BCUT2D eigenvalue weighted by atomic mass is 9.94. The molecule has 2 rings (SSSR count). The van der Waals surface area contributed by atoms with Crippen LogP contribution < -0.4 is 10.6 Å². The van der Waals surface area contributed by atoms with Gasteiger partial charge in [-0.25, -0.2) is 0 Å². The standard InChI is InChI=1S/C14H21N3O/c1-11-2-8-16-13(10-11)14(18)17-9-5-12-3-6-15-7-4-12/h3-4,6-7,11,13,16H,2,5,8-10H2,1H3,(H,17,18). The van der Waals surface area contributed by atoms with Crippen molar-refractivity contribution in [3.8, 4) is 0 Å². The van der Waals surface area contributed by atoms with E-state index >= 15 is 0 Å². The fraction of sp³-hybridized carbons (Fsp3) is 0.571. The minimum absolute atomic E-state index is 0.00816. The van der Waals surface area contributed by atoms with Crippen molar-refractivity contribution in [1.82, 2.24) is 15.6 Å². The average Bonchev–Trinajstić information content (AvgIpc) is 2.40. The molecule has 0 radical (unpaired) electrons. The first-order valence-corrected chi connectivity index (χ1v) is 6.65. The average molecular weight is 247 g/mol. The first-order chi connectivity index (χ1) is 8.75. The van der Waals surface area contributed by atoms with Crippen LogP contribution >= 0.6 is 0 Å². The molecule has 0 aromatic carbocycles. The maximum absolute atomic E-state index is 11.9. The number of nitrogens with zero attached hydrogens (tertiary/aromatic N) is 1. The van der Waals surface area contributed by atoms with E-state index in [0.717, 1.165) is 19.4 Å². The van der Waals surface area contributed by atoms with E-state index in [1.807, 2.05) is 12.1 Å². The molecule has 1 aliphatic rings. The summed E-state index contributed by atoms with van der Waals surface area (Å²) in [4.78, 5) is 15.9. The molecule has 1 amide bonds. The molecule has 0 saturated carbocycles. The largest absolute Gasteiger partial charge is 0.354 e. The molecule has 0 spiro atoms. The van der Waals surface area contributed by atoms with Crippen LogP contribution in [0.15, 0.2) is 24.5 Å². The fourth-order valence-corrected chi connectivity index (χ4v) is 2.31. The van der Waals surface area contributed by atoms with Crippen molar-refractivity contribution in [3.05, 3.63) is 30.1 Å². The molecular formula is C14H21N3O. The minimum Gasteiger partial charge on any atom is -0.354 e. The zero-order chi connectivity index (χ0) is 12.8. The predicted octanol–water partition coefficient (Wildman–Crippen LogP) is 1.13.